The van der Waals surface area contributed by atoms with Crippen molar-refractivity contribution >= 4 is 0 Å². The normalized spacial score (nSPS) is 15.7. The minimum atomic E-state index is 0.300. The predicted octanol–water partition coefficient (Wildman–Crippen LogP) is 2.03. The molecule has 0 saturated carbocycles. The van der Waals surface area contributed by atoms with Crippen LogP contribution in [0.3, 0.4) is 0 Å². The molecule has 0 aliphatic heterocycles. The third kappa shape index (κ3) is 2.35. The molecule has 0 aromatic heterocycles. The first-order valence-corrected chi connectivity index (χ1v) is 3.73. The molecule has 1 nitrogen and oxygen atoms in total. The molecule has 0 aliphatic rings. The van der Waals surface area contributed by atoms with E-state index in [1.54, 1.807) is 0 Å². The number of nitrogens with one attached hydrogen (secondary N) is 1. The lowest BCUT2D eigenvalue weighted by Gasteiger charge is -2.30. The number of hydrogen-bond acceptors (Lipinski definition) is 1. The molecule has 0 fully saturated rings. The van der Waals surface area contributed by atoms with Crippen molar-refractivity contribution in [2.24, 2.45) is 5.92 Å². The Hall–Kier alpha value is -0.0400. The topological polar surface area (TPSA) is 12.0 Å². The monoisotopic (exact) mass is 129 g/mol. The molecular weight excluding hydrogens is 110 g/mol. The first-order chi connectivity index (χ1) is 4.04. The molecular formula is C8H19N. The Morgan fingerprint density at radius 2 is 1.89 bits per heavy atom. The highest BCUT2D eigenvalue weighted by atomic mass is 14.9. The van der Waals surface area contributed by atoms with Crippen molar-refractivity contribution in [3.8, 4) is 0 Å². The smallest absolute Gasteiger partial charge is 0.0147 e. The molecule has 0 spiro atoms. The van der Waals surface area contributed by atoms with Crippen LogP contribution in [0, 0.1) is 5.92 Å². The second-order valence-corrected chi connectivity index (χ2v) is 3.28. The lowest BCUT2D eigenvalue weighted by molar-refractivity contribution is 0.282. The Morgan fingerprint density at radius 1 is 1.44 bits per heavy atom. The van der Waals surface area contributed by atoms with Crippen LogP contribution in [0.5, 0.6) is 0 Å². The van der Waals surface area contributed by atoms with Crippen LogP contribution in [0.4, 0.5) is 0 Å². The molecule has 1 heteroatoms. The summed E-state index contributed by atoms with van der Waals surface area (Å²) in [7, 11) is 2.02. The second-order valence-electron chi connectivity index (χ2n) is 3.28. The molecule has 0 heterocycles. The van der Waals surface area contributed by atoms with Crippen molar-refractivity contribution in [2.45, 2.75) is 39.7 Å². The molecule has 0 aromatic carbocycles. The fraction of sp³-hybridized carbons (Fsp3) is 1.00. The molecule has 0 rings (SSSR count). The third-order valence-corrected chi connectivity index (χ3v) is 2.49. The molecule has 0 amide bonds. The van der Waals surface area contributed by atoms with Gasteiger partial charge in [-0.1, -0.05) is 20.3 Å². The van der Waals surface area contributed by atoms with Gasteiger partial charge in [-0.25, -0.2) is 0 Å². The van der Waals surface area contributed by atoms with Gasteiger partial charge in [0, 0.05) is 5.54 Å². The van der Waals surface area contributed by atoms with E-state index >= 15 is 0 Å². The van der Waals surface area contributed by atoms with Crippen LogP contribution in [0.25, 0.3) is 0 Å². The fourth-order valence-corrected chi connectivity index (χ4v) is 0.757. The largest absolute Gasteiger partial charge is 0.315 e. The van der Waals surface area contributed by atoms with E-state index in [1.807, 2.05) is 7.05 Å². The summed E-state index contributed by atoms with van der Waals surface area (Å²) in [6.07, 6.45) is 1.24. The highest BCUT2D eigenvalue weighted by Crippen LogP contribution is 2.17. The van der Waals surface area contributed by atoms with Gasteiger partial charge in [-0.15, -0.1) is 0 Å². The summed E-state index contributed by atoms with van der Waals surface area (Å²) in [5.41, 5.74) is 0.300. The average molecular weight is 129 g/mol. The van der Waals surface area contributed by atoms with Gasteiger partial charge in [0.15, 0.2) is 0 Å². The molecule has 0 saturated heterocycles. The first kappa shape index (κ1) is 8.96. The van der Waals surface area contributed by atoms with E-state index in [-0.39, 0.29) is 0 Å². The molecule has 0 aromatic rings. The lowest BCUT2D eigenvalue weighted by atomic mass is 9.87. The maximum atomic E-state index is 3.29. The van der Waals surface area contributed by atoms with Gasteiger partial charge in [0.25, 0.3) is 0 Å². The zero-order valence-corrected chi connectivity index (χ0v) is 7.28. The van der Waals surface area contributed by atoms with Crippen molar-refractivity contribution in [3.05, 3.63) is 0 Å². The van der Waals surface area contributed by atoms with Crippen molar-refractivity contribution in [1.29, 1.82) is 0 Å². The van der Waals surface area contributed by atoms with Crippen LogP contribution < -0.4 is 5.32 Å². The van der Waals surface area contributed by atoms with Gasteiger partial charge in [-0.05, 0) is 26.8 Å². The predicted molar refractivity (Wildman–Crippen MR) is 42.6 cm³/mol. The summed E-state index contributed by atoms with van der Waals surface area (Å²) < 4.78 is 0. The van der Waals surface area contributed by atoms with E-state index in [9.17, 15) is 0 Å². The zero-order valence-electron chi connectivity index (χ0n) is 7.28. The van der Waals surface area contributed by atoms with Crippen molar-refractivity contribution in [1.82, 2.24) is 5.32 Å². The molecule has 0 radical (unpaired) electrons. The van der Waals surface area contributed by atoms with Crippen molar-refractivity contribution in [2.75, 3.05) is 7.05 Å². The number of rotatable bonds is 3. The minimum Gasteiger partial charge on any atom is -0.315 e. The number of hydrogen-bond donors (Lipinski definition) is 1. The van der Waals surface area contributed by atoms with Crippen molar-refractivity contribution < 1.29 is 0 Å². The van der Waals surface area contributed by atoms with Gasteiger partial charge in [0.1, 0.15) is 0 Å². The van der Waals surface area contributed by atoms with E-state index in [0.717, 1.165) is 5.92 Å². The van der Waals surface area contributed by atoms with Crippen LogP contribution in [0.1, 0.15) is 34.1 Å². The van der Waals surface area contributed by atoms with Gasteiger partial charge >= 0.3 is 0 Å². The van der Waals surface area contributed by atoms with Gasteiger partial charge in [0.2, 0.25) is 0 Å². The molecule has 0 bridgehead atoms. The Bertz CT molecular complexity index is 76.6. The van der Waals surface area contributed by atoms with E-state index in [2.05, 4.69) is 33.0 Å². The van der Waals surface area contributed by atoms with Gasteiger partial charge < -0.3 is 5.32 Å². The molecule has 56 valence electrons. The molecule has 1 N–H and O–H groups in total. The molecule has 9 heavy (non-hydrogen) atoms. The summed E-state index contributed by atoms with van der Waals surface area (Å²) >= 11 is 0. The quantitative estimate of drug-likeness (QED) is 0.615. The SMILES string of the molecule is CC[C@H](C)C(C)(C)NC. The first-order valence-electron chi connectivity index (χ1n) is 3.73. The van der Waals surface area contributed by atoms with Crippen LogP contribution >= 0.6 is 0 Å². The maximum absolute atomic E-state index is 3.29. The summed E-state index contributed by atoms with van der Waals surface area (Å²) in [5.74, 6) is 0.752. The van der Waals surface area contributed by atoms with E-state index < -0.39 is 0 Å². The maximum Gasteiger partial charge on any atom is 0.0147 e. The van der Waals surface area contributed by atoms with Gasteiger partial charge in [0.05, 0.1) is 0 Å². The van der Waals surface area contributed by atoms with E-state index in [4.69, 9.17) is 0 Å². The second kappa shape index (κ2) is 3.21. The third-order valence-electron chi connectivity index (χ3n) is 2.49. The molecule has 0 aliphatic carbocycles. The van der Waals surface area contributed by atoms with Crippen LogP contribution in [0.15, 0.2) is 0 Å². The highest BCUT2D eigenvalue weighted by molar-refractivity contribution is 4.80. The molecule has 0 unspecified atom stereocenters. The Kier molecular flexibility index (Phi) is 3.20. The van der Waals surface area contributed by atoms with Crippen LogP contribution in [-0.2, 0) is 0 Å². The minimum absolute atomic E-state index is 0.300. The van der Waals surface area contributed by atoms with Gasteiger partial charge in [-0.2, -0.15) is 0 Å². The fourth-order valence-electron chi connectivity index (χ4n) is 0.757. The summed E-state index contributed by atoms with van der Waals surface area (Å²) in [4.78, 5) is 0. The molecule has 1 atom stereocenters. The van der Waals surface area contributed by atoms with Crippen LogP contribution in [-0.4, -0.2) is 12.6 Å². The summed E-state index contributed by atoms with van der Waals surface area (Å²) in [5, 5.41) is 3.29. The Balaban J connectivity index is 3.80. The van der Waals surface area contributed by atoms with Crippen molar-refractivity contribution in [3.63, 3.8) is 0 Å². The van der Waals surface area contributed by atoms with E-state index in [1.165, 1.54) is 6.42 Å². The summed E-state index contributed by atoms with van der Waals surface area (Å²) in [6.45, 7) is 8.97. The van der Waals surface area contributed by atoms with Gasteiger partial charge in [-0.3, -0.25) is 0 Å². The van der Waals surface area contributed by atoms with Crippen LogP contribution in [0.2, 0.25) is 0 Å². The lowest BCUT2D eigenvalue weighted by Crippen LogP contribution is -2.42. The average Bonchev–Trinajstić information content (AvgIpc) is 1.86. The highest BCUT2D eigenvalue weighted by Gasteiger charge is 2.20. The van der Waals surface area contributed by atoms with E-state index in [0.29, 0.717) is 5.54 Å². The standard InChI is InChI=1S/C8H19N/c1-6-7(2)8(3,4)9-5/h7,9H,6H2,1-5H3/t7-/m0/s1. The summed E-state index contributed by atoms with van der Waals surface area (Å²) in [6, 6.07) is 0. The zero-order chi connectivity index (χ0) is 7.49. The Labute approximate surface area is 58.8 Å². The Morgan fingerprint density at radius 3 is 2.00 bits per heavy atom.